The lowest BCUT2D eigenvalue weighted by molar-refractivity contribution is 0.424. The van der Waals surface area contributed by atoms with Crippen LogP contribution in [0.4, 0.5) is 4.39 Å². The molecule has 0 aliphatic carbocycles. The Morgan fingerprint density at radius 2 is 2.17 bits per heavy atom. The van der Waals surface area contributed by atoms with Gasteiger partial charge in [0.25, 0.3) is 0 Å². The van der Waals surface area contributed by atoms with E-state index in [1.807, 2.05) is 0 Å². The van der Waals surface area contributed by atoms with Crippen LogP contribution >= 0.6 is 0 Å². The Labute approximate surface area is 70.0 Å². The minimum absolute atomic E-state index is 0.137. The van der Waals surface area contributed by atoms with E-state index in [1.54, 1.807) is 6.92 Å². The van der Waals surface area contributed by atoms with Gasteiger partial charge in [0, 0.05) is 11.7 Å². The first-order valence-electron chi connectivity index (χ1n) is 3.65. The smallest absolute Gasteiger partial charge is 0.423 e. The third-order valence-corrected chi connectivity index (χ3v) is 1.67. The van der Waals surface area contributed by atoms with Crippen molar-refractivity contribution >= 4 is 12.6 Å². The number of hydrogen-bond donors (Lipinski definition) is 2. The molecule has 3 nitrogen and oxygen atoms in total. The molecule has 0 unspecified atom stereocenters. The summed E-state index contributed by atoms with van der Waals surface area (Å²) in [7, 11) is -1.65. The number of halogens is 1. The summed E-state index contributed by atoms with van der Waals surface area (Å²) in [5, 5.41) is 17.6. The maximum absolute atomic E-state index is 12.9. The van der Waals surface area contributed by atoms with Crippen LogP contribution in [0.1, 0.15) is 12.5 Å². The second-order valence-electron chi connectivity index (χ2n) is 2.42. The molecule has 0 saturated heterocycles. The maximum Gasteiger partial charge on any atom is 0.490 e. The highest BCUT2D eigenvalue weighted by molar-refractivity contribution is 6.59. The van der Waals surface area contributed by atoms with Gasteiger partial charge < -0.3 is 10.0 Å². The Morgan fingerprint density at radius 3 is 2.58 bits per heavy atom. The Hall–Kier alpha value is -0.935. The maximum atomic E-state index is 12.9. The van der Waals surface area contributed by atoms with E-state index in [9.17, 15) is 4.39 Å². The van der Waals surface area contributed by atoms with Crippen LogP contribution in [0.5, 0.6) is 0 Å². The van der Waals surface area contributed by atoms with Crippen molar-refractivity contribution < 1.29 is 14.4 Å². The van der Waals surface area contributed by atoms with Crippen molar-refractivity contribution in [2.45, 2.75) is 13.3 Å². The largest absolute Gasteiger partial charge is 0.490 e. The SMILES string of the molecule is CCc1c(F)cncc1B(O)O. The molecule has 0 radical (unpaired) electrons. The second kappa shape index (κ2) is 3.64. The van der Waals surface area contributed by atoms with Gasteiger partial charge in [-0.05, 0) is 12.0 Å². The summed E-state index contributed by atoms with van der Waals surface area (Å²) in [5.41, 5.74) is 0.442. The second-order valence-corrected chi connectivity index (χ2v) is 2.42. The van der Waals surface area contributed by atoms with Crippen molar-refractivity contribution in [3.05, 3.63) is 23.8 Å². The van der Waals surface area contributed by atoms with Gasteiger partial charge in [-0.25, -0.2) is 4.39 Å². The molecule has 0 spiro atoms. The van der Waals surface area contributed by atoms with Gasteiger partial charge in [0.1, 0.15) is 5.82 Å². The van der Waals surface area contributed by atoms with Crippen LogP contribution in [0, 0.1) is 5.82 Å². The van der Waals surface area contributed by atoms with Crippen LogP contribution < -0.4 is 5.46 Å². The lowest BCUT2D eigenvalue weighted by atomic mass is 9.77. The third-order valence-electron chi connectivity index (χ3n) is 1.67. The van der Waals surface area contributed by atoms with Gasteiger partial charge in [-0.2, -0.15) is 0 Å². The quantitative estimate of drug-likeness (QED) is 0.584. The van der Waals surface area contributed by atoms with Crippen molar-refractivity contribution in [1.82, 2.24) is 4.98 Å². The molecule has 12 heavy (non-hydrogen) atoms. The van der Waals surface area contributed by atoms with E-state index < -0.39 is 12.9 Å². The monoisotopic (exact) mass is 169 g/mol. The zero-order chi connectivity index (χ0) is 9.14. The molecule has 5 heteroatoms. The first kappa shape index (κ1) is 9.16. The molecule has 2 N–H and O–H groups in total. The Kier molecular flexibility index (Phi) is 2.78. The summed E-state index contributed by atoms with van der Waals surface area (Å²) in [6.45, 7) is 1.74. The highest BCUT2D eigenvalue weighted by Crippen LogP contribution is 2.02. The Balaban J connectivity index is 3.18. The molecule has 0 aliphatic heterocycles. The summed E-state index contributed by atoms with van der Waals surface area (Å²) in [6, 6.07) is 0. The van der Waals surface area contributed by atoms with Crippen molar-refractivity contribution in [1.29, 1.82) is 0 Å². The molecule has 0 amide bonds. The first-order chi connectivity index (χ1) is 5.66. The number of rotatable bonds is 2. The molecular weight excluding hydrogens is 160 g/mol. The van der Waals surface area contributed by atoms with E-state index in [2.05, 4.69) is 4.98 Å². The molecule has 0 aromatic carbocycles. The molecule has 0 atom stereocenters. The fourth-order valence-corrected chi connectivity index (χ4v) is 1.07. The van der Waals surface area contributed by atoms with Crippen LogP contribution in [0.3, 0.4) is 0 Å². The van der Waals surface area contributed by atoms with E-state index in [1.165, 1.54) is 6.20 Å². The van der Waals surface area contributed by atoms with Crippen molar-refractivity contribution in [3.63, 3.8) is 0 Å². The molecule has 1 rings (SSSR count). The Morgan fingerprint density at radius 1 is 1.50 bits per heavy atom. The minimum atomic E-state index is -1.65. The third kappa shape index (κ3) is 1.62. The molecule has 0 aliphatic rings. The van der Waals surface area contributed by atoms with E-state index in [0.717, 1.165) is 6.20 Å². The number of aromatic nitrogens is 1. The van der Waals surface area contributed by atoms with E-state index in [4.69, 9.17) is 10.0 Å². The van der Waals surface area contributed by atoms with Gasteiger partial charge in [0.15, 0.2) is 0 Å². The molecule has 1 aromatic rings. The number of hydrogen-bond acceptors (Lipinski definition) is 3. The summed E-state index contributed by atoms with van der Waals surface area (Å²) < 4.78 is 12.9. The number of nitrogens with zero attached hydrogens (tertiary/aromatic N) is 1. The molecule has 0 bridgehead atoms. The van der Waals surface area contributed by atoms with Crippen LogP contribution in [0.2, 0.25) is 0 Å². The average molecular weight is 169 g/mol. The highest BCUT2D eigenvalue weighted by Gasteiger charge is 2.17. The fraction of sp³-hybridized carbons (Fsp3) is 0.286. The van der Waals surface area contributed by atoms with Crippen molar-refractivity contribution in [2.24, 2.45) is 0 Å². The molecule has 0 saturated carbocycles. The molecule has 64 valence electrons. The van der Waals surface area contributed by atoms with Crippen LogP contribution in [-0.2, 0) is 6.42 Å². The van der Waals surface area contributed by atoms with Gasteiger partial charge in [0.05, 0.1) is 6.20 Å². The highest BCUT2D eigenvalue weighted by atomic mass is 19.1. The Bertz CT molecular complexity index is 280. The lowest BCUT2D eigenvalue weighted by Gasteiger charge is -2.05. The molecule has 1 aromatic heterocycles. The number of pyridine rings is 1. The van der Waals surface area contributed by atoms with Gasteiger partial charge in [-0.3, -0.25) is 4.98 Å². The van der Waals surface area contributed by atoms with E-state index in [0.29, 0.717) is 12.0 Å². The van der Waals surface area contributed by atoms with E-state index >= 15 is 0 Å². The topological polar surface area (TPSA) is 53.4 Å². The van der Waals surface area contributed by atoms with E-state index in [-0.39, 0.29) is 5.46 Å². The molecule has 1 heterocycles. The van der Waals surface area contributed by atoms with Crippen LogP contribution in [0.25, 0.3) is 0 Å². The van der Waals surface area contributed by atoms with Crippen molar-refractivity contribution in [2.75, 3.05) is 0 Å². The lowest BCUT2D eigenvalue weighted by Crippen LogP contribution is -2.34. The normalized spacial score (nSPS) is 10.0. The first-order valence-corrected chi connectivity index (χ1v) is 3.65. The molecule has 0 fully saturated rings. The predicted molar refractivity (Wildman–Crippen MR) is 43.4 cm³/mol. The molecular formula is C7H9BFNO2. The van der Waals surface area contributed by atoms with Gasteiger partial charge in [-0.15, -0.1) is 0 Å². The predicted octanol–water partition coefficient (Wildman–Crippen LogP) is -0.537. The van der Waals surface area contributed by atoms with Crippen LogP contribution in [-0.4, -0.2) is 22.2 Å². The fourth-order valence-electron chi connectivity index (χ4n) is 1.07. The summed E-state index contributed by atoms with van der Waals surface area (Å²) >= 11 is 0. The van der Waals surface area contributed by atoms with Crippen LogP contribution in [0.15, 0.2) is 12.4 Å². The summed E-state index contributed by atoms with van der Waals surface area (Å²) in [6.07, 6.45) is 2.73. The zero-order valence-electron chi connectivity index (χ0n) is 6.66. The summed E-state index contributed by atoms with van der Waals surface area (Å²) in [4.78, 5) is 3.52. The van der Waals surface area contributed by atoms with Crippen molar-refractivity contribution in [3.8, 4) is 0 Å². The average Bonchev–Trinajstić information content (AvgIpc) is 2.03. The van der Waals surface area contributed by atoms with Gasteiger partial charge >= 0.3 is 7.12 Å². The summed E-state index contributed by atoms with van der Waals surface area (Å²) in [5.74, 6) is -0.497. The standard InChI is InChI=1S/C7H9BFNO2/c1-2-5-6(8(11)12)3-10-4-7(5)9/h3-4,11-12H,2H2,1H3. The zero-order valence-corrected chi connectivity index (χ0v) is 6.66. The van der Waals surface area contributed by atoms with Gasteiger partial charge in [0.2, 0.25) is 0 Å². The van der Waals surface area contributed by atoms with Gasteiger partial charge in [-0.1, -0.05) is 6.92 Å². The minimum Gasteiger partial charge on any atom is -0.423 e.